The summed E-state index contributed by atoms with van der Waals surface area (Å²) in [5.41, 5.74) is 0.415. The topological polar surface area (TPSA) is 74.2 Å². The van der Waals surface area contributed by atoms with Gasteiger partial charge in [-0.1, -0.05) is 24.9 Å². The van der Waals surface area contributed by atoms with Crippen LogP contribution in [-0.4, -0.2) is 19.6 Å². The molecule has 1 rings (SSSR count). The highest BCUT2D eigenvalue weighted by Crippen LogP contribution is 2.27. The van der Waals surface area contributed by atoms with Gasteiger partial charge in [-0.05, 0) is 24.6 Å². The molecule has 0 saturated heterocycles. The van der Waals surface area contributed by atoms with Crippen LogP contribution in [0.25, 0.3) is 0 Å². The Bertz CT molecular complexity index is 565. The van der Waals surface area contributed by atoms with Gasteiger partial charge in [0, 0.05) is 17.8 Å². The first kappa shape index (κ1) is 16.9. The summed E-state index contributed by atoms with van der Waals surface area (Å²) < 4.78 is 5.14. The average molecular weight is 308 g/mol. The molecule has 0 heterocycles. The molecule has 0 aliphatic carbocycles. The lowest BCUT2D eigenvalue weighted by atomic mass is 10.2. The number of amides is 1. The number of ether oxygens (including phenoxy) is 1. The van der Waals surface area contributed by atoms with E-state index in [2.05, 4.69) is 17.6 Å². The summed E-state index contributed by atoms with van der Waals surface area (Å²) in [6, 6.07) is 6.73. The van der Waals surface area contributed by atoms with Crippen molar-refractivity contribution in [1.82, 2.24) is 5.32 Å². The summed E-state index contributed by atoms with van der Waals surface area (Å²) >= 11 is 5.89. The number of halogens is 1. The van der Waals surface area contributed by atoms with E-state index in [1.165, 1.54) is 13.3 Å². The van der Waals surface area contributed by atoms with Crippen molar-refractivity contribution in [2.45, 2.75) is 19.8 Å². The zero-order valence-corrected chi connectivity index (χ0v) is 12.8. The van der Waals surface area contributed by atoms with Gasteiger partial charge in [0.1, 0.15) is 17.4 Å². The standard InChI is InChI=1S/C15H18ClN3O2/c1-3-4-7-18-10-11(9-17)15(20)19-13-8-12(16)5-6-14(13)21-2/h5-6,8,10,18H,3-4,7H2,1-2H3,(H,19,20)/b11-10-. The van der Waals surface area contributed by atoms with Crippen LogP contribution in [0.1, 0.15) is 19.8 Å². The lowest BCUT2D eigenvalue weighted by molar-refractivity contribution is -0.112. The number of carbonyl (C=O) groups is 1. The van der Waals surface area contributed by atoms with Crippen molar-refractivity contribution in [3.8, 4) is 11.8 Å². The minimum Gasteiger partial charge on any atom is -0.495 e. The normalized spacial score (nSPS) is 10.7. The first-order chi connectivity index (χ1) is 10.1. The fraction of sp³-hybridized carbons (Fsp3) is 0.333. The molecule has 1 aromatic rings. The maximum Gasteiger partial charge on any atom is 0.267 e. The Labute approximate surface area is 129 Å². The van der Waals surface area contributed by atoms with E-state index in [0.717, 1.165) is 19.4 Å². The minimum atomic E-state index is -0.512. The summed E-state index contributed by atoms with van der Waals surface area (Å²) in [7, 11) is 1.49. The van der Waals surface area contributed by atoms with E-state index in [0.29, 0.717) is 16.5 Å². The highest BCUT2D eigenvalue weighted by molar-refractivity contribution is 6.31. The molecule has 2 N–H and O–H groups in total. The first-order valence-corrected chi connectivity index (χ1v) is 6.98. The molecule has 0 unspecified atom stereocenters. The average Bonchev–Trinajstić information content (AvgIpc) is 2.47. The van der Waals surface area contributed by atoms with Gasteiger partial charge in [0.2, 0.25) is 0 Å². The zero-order valence-electron chi connectivity index (χ0n) is 12.1. The smallest absolute Gasteiger partial charge is 0.267 e. The third kappa shape index (κ3) is 5.36. The number of methoxy groups -OCH3 is 1. The molecule has 0 fully saturated rings. The molecule has 21 heavy (non-hydrogen) atoms. The number of benzene rings is 1. The lowest BCUT2D eigenvalue weighted by Crippen LogP contribution is -2.17. The van der Waals surface area contributed by atoms with E-state index >= 15 is 0 Å². The summed E-state index contributed by atoms with van der Waals surface area (Å²) in [6.45, 7) is 2.78. The Morgan fingerprint density at radius 1 is 1.52 bits per heavy atom. The molecule has 0 bridgehead atoms. The number of hydrogen-bond acceptors (Lipinski definition) is 4. The Kier molecular flexibility index (Phi) is 7.13. The van der Waals surface area contributed by atoms with Crippen LogP contribution in [0.5, 0.6) is 5.75 Å². The maximum atomic E-state index is 12.0. The fourth-order valence-electron chi connectivity index (χ4n) is 1.57. The van der Waals surface area contributed by atoms with E-state index < -0.39 is 5.91 Å². The SMILES string of the molecule is CCCCN/C=C(/C#N)C(=O)Nc1cc(Cl)ccc1OC. The molecule has 6 heteroatoms. The molecule has 1 amide bonds. The summed E-state index contributed by atoms with van der Waals surface area (Å²) in [5, 5.41) is 15.1. The molecular weight excluding hydrogens is 290 g/mol. The summed E-state index contributed by atoms with van der Waals surface area (Å²) in [4.78, 5) is 12.0. The van der Waals surface area contributed by atoms with Crippen LogP contribution >= 0.6 is 11.6 Å². The highest BCUT2D eigenvalue weighted by atomic mass is 35.5. The molecule has 0 saturated carbocycles. The van der Waals surface area contributed by atoms with Gasteiger partial charge in [-0.15, -0.1) is 0 Å². The van der Waals surface area contributed by atoms with Crippen molar-refractivity contribution in [2.24, 2.45) is 0 Å². The Morgan fingerprint density at radius 3 is 2.90 bits per heavy atom. The number of anilines is 1. The second kappa shape index (κ2) is 8.88. The first-order valence-electron chi connectivity index (χ1n) is 6.61. The molecule has 0 radical (unpaired) electrons. The zero-order chi connectivity index (χ0) is 15.7. The van der Waals surface area contributed by atoms with Gasteiger partial charge in [0.25, 0.3) is 5.91 Å². The van der Waals surface area contributed by atoms with Gasteiger partial charge in [-0.25, -0.2) is 0 Å². The second-order valence-corrected chi connectivity index (χ2v) is 4.71. The maximum absolute atomic E-state index is 12.0. The van der Waals surface area contributed by atoms with Gasteiger partial charge in [-0.3, -0.25) is 4.79 Å². The van der Waals surface area contributed by atoms with Crippen LogP contribution in [0.4, 0.5) is 5.69 Å². The van der Waals surface area contributed by atoms with Gasteiger partial charge in [-0.2, -0.15) is 5.26 Å². The molecule has 112 valence electrons. The van der Waals surface area contributed by atoms with Crippen molar-refractivity contribution in [3.63, 3.8) is 0 Å². The molecular formula is C15H18ClN3O2. The predicted octanol–water partition coefficient (Wildman–Crippen LogP) is 3.08. The third-order valence-corrected chi connectivity index (χ3v) is 2.93. The van der Waals surface area contributed by atoms with Gasteiger partial charge in [0.05, 0.1) is 12.8 Å². The van der Waals surface area contributed by atoms with Gasteiger partial charge >= 0.3 is 0 Å². The van der Waals surface area contributed by atoms with Crippen LogP contribution in [0.2, 0.25) is 5.02 Å². The molecule has 0 aliphatic heterocycles. The molecule has 0 aromatic heterocycles. The molecule has 0 spiro atoms. The Hall–Kier alpha value is -2.19. The fourth-order valence-corrected chi connectivity index (χ4v) is 1.74. The largest absolute Gasteiger partial charge is 0.495 e. The van der Waals surface area contributed by atoms with E-state index in [-0.39, 0.29) is 5.57 Å². The van der Waals surface area contributed by atoms with E-state index in [1.54, 1.807) is 18.2 Å². The lowest BCUT2D eigenvalue weighted by Gasteiger charge is -2.10. The van der Waals surface area contributed by atoms with Crippen LogP contribution in [0, 0.1) is 11.3 Å². The van der Waals surface area contributed by atoms with Crippen LogP contribution in [0.15, 0.2) is 30.0 Å². The number of rotatable bonds is 7. The summed E-state index contributed by atoms with van der Waals surface area (Å²) in [6.07, 6.45) is 3.43. The van der Waals surface area contributed by atoms with E-state index in [9.17, 15) is 4.79 Å². The molecule has 0 atom stereocenters. The number of nitrogens with one attached hydrogen (secondary N) is 2. The molecule has 1 aromatic carbocycles. The van der Waals surface area contributed by atoms with E-state index in [4.69, 9.17) is 21.6 Å². The van der Waals surface area contributed by atoms with Crippen molar-refractivity contribution in [3.05, 3.63) is 35.0 Å². The monoisotopic (exact) mass is 307 g/mol. The number of nitriles is 1. The van der Waals surface area contributed by atoms with E-state index in [1.807, 2.05) is 6.07 Å². The number of unbranched alkanes of at least 4 members (excludes halogenated alkanes) is 1. The van der Waals surface area contributed by atoms with Crippen molar-refractivity contribution in [2.75, 3.05) is 19.0 Å². The quantitative estimate of drug-likeness (QED) is 0.461. The van der Waals surface area contributed by atoms with Crippen molar-refractivity contribution >= 4 is 23.2 Å². The van der Waals surface area contributed by atoms with Crippen molar-refractivity contribution in [1.29, 1.82) is 5.26 Å². The van der Waals surface area contributed by atoms with Crippen LogP contribution in [0.3, 0.4) is 0 Å². The number of hydrogen-bond donors (Lipinski definition) is 2. The predicted molar refractivity (Wildman–Crippen MR) is 83.2 cm³/mol. The van der Waals surface area contributed by atoms with Gasteiger partial charge in [0.15, 0.2) is 0 Å². The van der Waals surface area contributed by atoms with Crippen LogP contribution in [-0.2, 0) is 4.79 Å². The summed E-state index contributed by atoms with van der Waals surface area (Å²) in [5.74, 6) is -0.0361. The number of nitrogens with zero attached hydrogens (tertiary/aromatic N) is 1. The molecule has 5 nitrogen and oxygen atoms in total. The Balaban J connectivity index is 2.79. The molecule has 0 aliphatic rings. The highest BCUT2D eigenvalue weighted by Gasteiger charge is 2.12. The second-order valence-electron chi connectivity index (χ2n) is 4.28. The third-order valence-electron chi connectivity index (χ3n) is 2.70. The minimum absolute atomic E-state index is 0.00636. The Morgan fingerprint density at radius 2 is 2.29 bits per heavy atom. The number of carbonyl (C=O) groups excluding carboxylic acids is 1. The van der Waals surface area contributed by atoms with Crippen molar-refractivity contribution < 1.29 is 9.53 Å². The van der Waals surface area contributed by atoms with Gasteiger partial charge < -0.3 is 15.4 Å². The van der Waals surface area contributed by atoms with Crippen LogP contribution < -0.4 is 15.4 Å².